The van der Waals surface area contributed by atoms with Gasteiger partial charge in [-0.05, 0) is 51.9 Å². The maximum atomic E-state index is 10.4. The lowest BCUT2D eigenvalue weighted by Gasteiger charge is -2.43. The van der Waals surface area contributed by atoms with Crippen LogP contribution in [-0.2, 0) is 0 Å². The Labute approximate surface area is 99.3 Å². The summed E-state index contributed by atoms with van der Waals surface area (Å²) in [6.07, 6.45) is 10.5. The van der Waals surface area contributed by atoms with Crippen molar-refractivity contribution in [1.82, 2.24) is 0 Å². The van der Waals surface area contributed by atoms with Crippen molar-refractivity contribution < 1.29 is 5.11 Å². The Hall–Kier alpha value is -0.560. The van der Waals surface area contributed by atoms with E-state index in [0.717, 1.165) is 12.8 Å². The quantitative estimate of drug-likeness (QED) is 0.714. The normalized spacial score (nSPS) is 39.2. The number of aliphatic hydroxyl groups is 1. The summed E-state index contributed by atoms with van der Waals surface area (Å²) in [5.74, 6) is 1.08. The maximum absolute atomic E-state index is 10.4. The predicted molar refractivity (Wildman–Crippen MR) is 68.1 cm³/mol. The van der Waals surface area contributed by atoms with Gasteiger partial charge < -0.3 is 5.11 Å². The number of allylic oxidation sites excluding steroid dienone is 4. The largest absolute Gasteiger partial charge is 0.390 e. The van der Waals surface area contributed by atoms with E-state index in [1.165, 1.54) is 12.0 Å². The van der Waals surface area contributed by atoms with Gasteiger partial charge in [0, 0.05) is 5.41 Å². The van der Waals surface area contributed by atoms with Gasteiger partial charge in [-0.2, -0.15) is 0 Å². The van der Waals surface area contributed by atoms with Crippen molar-refractivity contribution in [3.05, 3.63) is 23.8 Å². The summed E-state index contributed by atoms with van der Waals surface area (Å²) in [5, 5.41) is 10.4. The SMILES string of the molecule is CC1=CCC2(C=C1)C(C)CCC2C(C)(C)O. The lowest BCUT2D eigenvalue weighted by Crippen LogP contribution is -2.42. The third kappa shape index (κ3) is 1.75. The second-order valence-electron chi connectivity index (χ2n) is 6.28. The lowest BCUT2D eigenvalue weighted by molar-refractivity contribution is -0.0274. The molecule has 0 bridgehead atoms. The van der Waals surface area contributed by atoms with Crippen LogP contribution in [0.1, 0.15) is 47.0 Å². The van der Waals surface area contributed by atoms with Gasteiger partial charge in [0.2, 0.25) is 0 Å². The predicted octanol–water partition coefficient (Wildman–Crippen LogP) is 3.70. The van der Waals surface area contributed by atoms with Gasteiger partial charge in [0.25, 0.3) is 0 Å². The molecule has 0 aromatic rings. The molecule has 0 saturated heterocycles. The van der Waals surface area contributed by atoms with Gasteiger partial charge in [0.1, 0.15) is 0 Å². The summed E-state index contributed by atoms with van der Waals surface area (Å²) >= 11 is 0. The van der Waals surface area contributed by atoms with Crippen molar-refractivity contribution in [3.63, 3.8) is 0 Å². The Morgan fingerprint density at radius 2 is 2.06 bits per heavy atom. The molecule has 3 unspecified atom stereocenters. The minimum atomic E-state index is -0.561. The van der Waals surface area contributed by atoms with E-state index in [2.05, 4.69) is 32.1 Å². The first-order valence-corrected chi connectivity index (χ1v) is 6.44. The van der Waals surface area contributed by atoms with E-state index in [1.54, 1.807) is 0 Å². The third-order valence-corrected chi connectivity index (χ3v) is 4.74. The van der Waals surface area contributed by atoms with Crippen LogP contribution in [0.2, 0.25) is 0 Å². The van der Waals surface area contributed by atoms with Crippen molar-refractivity contribution in [1.29, 1.82) is 0 Å². The number of rotatable bonds is 1. The molecule has 1 N–H and O–H groups in total. The van der Waals surface area contributed by atoms with Crippen LogP contribution < -0.4 is 0 Å². The summed E-state index contributed by atoms with van der Waals surface area (Å²) in [7, 11) is 0. The zero-order valence-electron chi connectivity index (χ0n) is 11.0. The van der Waals surface area contributed by atoms with Gasteiger partial charge >= 0.3 is 0 Å². The minimum absolute atomic E-state index is 0.206. The highest BCUT2D eigenvalue weighted by Crippen LogP contribution is 2.56. The Morgan fingerprint density at radius 1 is 1.38 bits per heavy atom. The smallest absolute Gasteiger partial charge is 0.0628 e. The molecule has 0 heterocycles. The molecule has 1 spiro atoms. The van der Waals surface area contributed by atoms with Crippen molar-refractivity contribution >= 4 is 0 Å². The van der Waals surface area contributed by atoms with Gasteiger partial charge in [-0.25, -0.2) is 0 Å². The van der Waals surface area contributed by atoms with Crippen LogP contribution in [0.15, 0.2) is 23.8 Å². The number of hydrogen-bond acceptors (Lipinski definition) is 1. The summed E-state index contributed by atoms with van der Waals surface area (Å²) < 4.78 is 0. The molecule has 1 heteroatoms. The van der Waals surface area contributed by atoms with Crippen molar-refractivity contribution in [3.8, 4) is 0 Å². The van der Waals surface area contributed by atoms with Crippen LogP contribution in [0, 0.1) is 17.3 Å². The van der Waals surface area contributed by atoms with Gasteiger partial charge in [0.15, 0.2) is 0 Å². The van der Waals surface area contributed by atoms with E-state index in [1.807, 2.05) is 13.8 Å². The van der Waals surface area contributed by atoms with Crippen LogP contribution in [-0.4, -0.2) is 10.7 Å². The van der Waals surface area contributed by atoms with Crippen LogP contribution in [0.5, 0.6) is 0 Å². The van der Waals surface area contributed by atoms with Crippen LogP contribution >= 0.6 is 0 Å². The van der Waals surface area contributed by atoms with Crippen molar-refractivity contribution in [2.75, 3.05) is 0 Å². The second kappa shape index (κ2) is 3.73. The summed E-state index contributed by atoms with van der Waals surface area (Å²) in [4.78, 5) is 0. The van der Waals surface area contributed by atoms with E-state index in [4.69, 9.17) is 0 Å². The van der Waals surface area contributed by atoms with Crippen LogP contribution in [0.25, 0.3) is 0 Å². The first-order chi connectivity index (χ1) is 7.36. The Morgan fingerprint density at radius 3 is 2.56 bits per heavy atom. The average molecular weight is 220 g/mol. The molecule has 2 rings (SSSR count). The summed E-state index contributed by atoms with van der Waals surface area (Å²) in [5.41, 5.74) is 1.01. The van der Waals surface area contributed by atoms with Crippen molar-refractivity contribution in [2.24, 2.45) is 17.3 Å². The topological polar surface area (TPSA) is 20.2 Å². The van der Waals surface area contributed by atoms with E-state index >= 15 is 0 Å². The molecule has 0 aromatic heterocycles. The molecule has 1 nitrogen and oxygen atoms in total. The first kappa shape index (κ1) is 11.9. The highest BCUT2D eigenvalue weighted by molar-refractivity contribution is 5.28. The minimum Gasteiger partial charge on any atom is -0.390 e. The summed E-state index contributed by atoms with van der Waals surface area (Å²) in [6, 6.07) is 0. The number of hydrogen-bond donors (Lipinski definition) is 1. The van der Waals surface area contributed by atoms with E-state index in [9.17, 15) is 5.11 Å². The van der Waals surface area contributed by atoms with Gasteiger partial charge in [-0.15, -0.1) is 0 Å². The summed E-state index contributed by atoms with van der Waals surface area (Å²) in [6.45, 7) is 8.43. The molecule has 0 radical (unpaired) electrons. The molecule has 1 fully saturated rings. The molecular weight excluding hydrogens is 196 g/mol. The fraction of sp³-hybridized carbons (Fsp3) is 0.733. The second-order valence-corrected chi connectivity index (χ2v) is 6.28. The molecule has 2 aliphatic carbocycles. The van der Waals surface area contributed by atoms with E-state index < -0.39 is 5.60 Å². The fourth-order valence-electron chi connectivity index (χ4n) is 3.69. The molecule has 16 heavy (non-hydrogen) atoms. The molecule has 0 aliphatic heterocycles. The first-order valence-electron chi connectivity index (χ1n) is 6.44. The Kier molecular flexibility index (Phi) is 2.78. The van der Waals surface area contributed by atoms with E-state index in [-0.39, 0.29) is 5.41 Å². The Balaban J connectivity index is 2.33. The highest BCUT2D eigenvalue weighted by Gasteiger charge is 2.51. The van der Waals surface area contributed by atoms with Gasteiger partial charge in [-0.1, -0.05) is 30.7 Å². The molecule has 1 saturated carbocycles. The Bertz CT molecular complexity index is 332. The van der Waals surface area contributed by atoms with E-state index in [0.29, 0.717) is 11.8 Å². The van der Waals surface area contributed by atoms with Crippen LogP contribution in [0.4, 0.5) is 0 Å². The van der Waals surface area contributed by atoms with Gasteiger partial charge in [-0.3, -0.25) is 0 Å². The zero-order valence-corrected chi connectivity index (χ0v) is 11.0. The maximum Gasteiger partial charge on any atom is 0.0628 e. The highest BCUT2D eigenvalue weighted by atomic mass is 16.3. The standard InChI is InChI=1S/C15H24O/c1-11-7-9-15(10-8-11)12(2)5-6-13(15)14(3,4)16/h7-9,12-13,16H,5-6,10H2,1-4H3. The molecule has 2 aliphatic rings. The lowest BCUT2D eigenvalue weighted by atomic mass is 9.63. The third-order valence-electron chi connectivity index (χ3n) is 4.74. The molecule has 90 valence electrons. The van der Waals surface area contributed by atoms with Crippen molar-refractivity contribution in [2.45, 2.75) is 52.6 Å². The molecular formula is C15H24O. The average Bonchev–Trinajstić information content (AvgIpc) is 2.49. The molecule has 0 aromatic carbocycles. The zero-order chi connectivity index (χ0) is 12.0. The van der Waals surface area contributed by atoms with Crippen LogP contribution in [0.3, 0.4) is 0 Å². The molecule has 3 atom stereocenters. The monoisotopic (exact) mass is 220 g/mol. The van der Waals surface area contributed by atoms with Gasteiger partial charge in [0.05, 0.1) is 5.60 Å². The molecule has 0 amide bonds. The fourth-order valence-corrected chi connectivity index (χ4v) is 3.69.